The Labute approximate surface area is 122 Å². The highest BCUT2D eigenvalue weighted by molar-refractivity contribution is 5.38. The van der Waals surface area contributed by atoms with Gasteiger partial charge >= 0.3 is 0 Å². The maximum absolute atomic E-state index is 13.2. The molecule has 0 fully saturated rings. The van der Waals surface area contributed by atoms with E-state index in [2.05, 4.69) is 0 Å². The summed E-state index contributed by atoms with van der Waals surface area (Å²) in [6, 6.07) is 11.9. The van der Waals surface area contributed by atoms with Gasteiger partial charge in [0.05, 0.1) is 6.10 Å². The Hall–Kier alpha value is -2.07. The third-order valence-electron chi connectivity index (χ3n) is 3.56. The SMILES string of the molecule is C[C@H](O)c1ccccc1OCC1Cc2cc(F)ccc2O1. The maximum atomic E-state index is 13.2. The number of hydrogen-bond donors (Lipinski definition) is 1. The van der Waals surface area contributed by atoms with Gasteiger partial charge in [-0.25, -0.2) is 4.39 Å². The number of ether oxygens (including phenoxy) is 2. The van der Waals surface area contributed by atoms with Crippen molar-refractivity contribution in [1.29, 1.82) is 0 Å². The molecule has 1 heterocycles. The van der Waals surface area contributed by atoms with E-state index < -0.39 is 6.10 Å². The van der Waals surface area contributed by atoms with Crippen molar-refractivity contribution in [1.82, 2.24) is 0 Å². The van der Waals surface area contributed by atoms with E-state index >= 15 is 0 Å². The average Bonchev–Trinajstić information content (AvgIpc) is 2.87. The van der Waals surface area contributed by atoms with E-state index in [1.54, 1.807) is 13.0 Å². The van der Waals surface area contributed by atoms with Crippen LogP contribution in [0.5, 0.6) is 11.5 Å². The lowest BCUT2D eigenvalue weighted by Crippen LogP contribution is -2.22. The van der Waals surface area contributed by atoms with Gasteiger partial charge < -0.3 is 14.6 Å². The van der Waals surface area contributed by atoms with Crippen LogP contribution >= 0.6 is 0 Å². The van der Waals surface area contributed by atoms with E-state index in [9.17, 15) is 9.50 Å². The van der Waals surface area contributed by atoms with E-state index in [4.69, 9.17) is 9.47 Å². The van der Waals surface area contributed by atoms with Crippen LogP contribution in [0.2, 0.25) is 0 Å². The molecule has 0 saturated carbocycles. The molecule has 0 aliphatic carbocycles. The fraction of sp³-hybridized carbons (Fsp3) is 0.294. The summed E-state index contributed by atoms with van der Waals surface area (Å²) in [6.07, 6.45) is -0.0925. The summed E-state index contributed by atoms with van der Waals surface area (Å²) in [5.41, 5.74) is 1.62. The van der Waals surface area contributed by atoms with E-state index in [0.29, 0.717) is 24.5 Å². The molecule has 1 N–H and O–H groups in total. The van der Waals surface area contributed by atoms with Crippen LogP contribution in [0.1, 0.15) is 24.2 Å². The zero-order valence-electron chi connectivity index (χ0n) is 11.8. The first-order valence-electron chi connectivity index (χ1n) is 6.98. The zero-order chi connectivity index (χ0) is 14.8. The van der Waals surface area contributed by atoms with Crippen molar-refractivity contribution in [3.63, 3.8) is 0 Å². The fourth-order valence-corrected chi connectivity index (χ4v) is 2.52. The summed E-state index contributed by atoms with van der Waals surface area (Å²) >= 11 is 0. The van der Waals surface area contributed by atoms with Crippen LogP contribution in [0.25, 0.3) is 0 Å². The minimum absolute atomic E-state index is 0.135. The van der Waals surface area contributed by atoms with Gasteiger partial charge in [-0.2, -0.15) is 0 Å². The lowest BCUT2D eigenvalue weighted by Gasteiger charge is -2.16. The molecule has 110 valence electrons. The first kappa shape index (κ1) is 13.9. The molecule has 3 rings (SSSR count). The molecule has 2 atom stereocenters. The summed E-state index contributed by atoms with van der Waals surface area (Å²) in [5.74, 6) is 1.12. The largest absolute Gasteiger partial charge is 0.489 e. The van der Waals surface area contributed by atoms with Crippen LogP contribution in [0, 0.1) is 5.82 Å². The number of aliphatic hydroxyl groups is 1. The molecule has 0 amide bonds. The normalized spacial score (nSPS) is 18.0. The number of para-hydroxylation sites is 1. The fourth-order valence-electron chi connectivity index (χ4n) is 2.52. The molecule has 0 radical (unpaired) electrons. The maximum Gasteiger partial charge on any atom is 0.137 e. The minimum Gasteiger partial charge on any atom is -0.489 e. The Balaban J connectivity index is 1.65. The van der Waals surface area contributed by atoms with Crippen molar-refractivity contribution < 1.29 is 19.0 Å². The summed E-state index contributed by atoms with van der Waals surface area (Å²) in [5, 5.41) is 9.72. The van der Waals surface area contributed by atoms with Gasteiger partial charge in [0.25, 0.3) is 0 Å². The van der Waals surface area contributed by atoms with Gasteiger partial charge in [0.2, 0.25) is 0 Å². The molecular weight excluding hydrogens is 271 g/mol. The van der Waals surface area contributed by atoms with Gasteiger partial charge in [0.15, 0.2) is 0 Å². The Kier molecular flexibility index (Phi) is 3.80. The minimum atomic E-state index is -0.586. The van der Waals surface area contributed by atoms with Gasteiger partial charge in [-0.3, -0.25) is 0 Å². The highest BCUT2D eigenvalue weighted by Gasteiger charge is 2.24. The van der Waals surface area contributed by atoms with Crippen molar-refractivity contribution in [3.05, 3.63) is 59.4 Å². The van der Waals surface area contributed by atoms with E-state index in [-0.39, 0.29) is 11.9 Å². The number of rotatable bonds is 4. The van der Waals surface area contributed by atoms with Crippen molar-refractivity contribution in [3.8, 4) is 11.5 Å². The van der Waals surface area contributed by atoms with E-state index in [1.807, 2.05) is 24.3 Å². The molecule has 1 aliphatic heterocycles. The number of benzene rings is 2. The van der Waals surface area contributed by atoms with E-state index in [1.165, 1.54) is 12.1 Å². The molecule has 21 heavy (non-hydrogen) atoms. The van der Waals surface area contributed by atoms with Crippen LogP contribution in [-0.2, 0) is 6.42 Å². The average molecular weight is 288 g/mol. The summed E-state index contributed by atoms with van der Waals surface area (Å²) in [4.78, 5) is 0. The number of fused-ring (bicyclic) bond motifs is 1. The molecule has 3 nitrogen and oxygen atoms in total. The monoisotopic (exact) mass is 288 g/mol. The molecule has 1 unspecified atom stereocenters. The first-order valence-corrected chi connectivity index (χ1v) is 6.98. The molecule has 0 bridgehead atoms. The van der Waals surface area contributed by atoms with Crippen molar-refractivity contribution in [2.45, 2.75) is 25.6 Å². The summed E-state index contributed by atoms with van der Waals surface area (Å²) in [7, 11) is 0. The van der Waals surface area contributed by atoms with Gasteiger partial charge in [0.1, 0.15) is 30.0 Å². The van der Waals surface area contributed by atoms with Crippen molar-refractivity contribution in [2.75, 3.05) is 6.61 Å². The van der Waals surface area contributed by atoms with Gasteiger partial charge in [0, 0.05) is 17.5 Å². The van der Waals surface area contributed by atoms with Gasteiger partial charge in [-0.15, -0.1) is 0 Å². The second-order valence-corrected chi connectivity index (χ2v) is 5.22. The Morgan fingerprint density at radius 3 is 2.95 bits per heavy atom. The van der Waals surface area contributed by atoms with Crippen LogP contribution in [-0.4, -0.2) is 17.8 Å². The second-order valence-electron chi connectivity index (χ2n) is 5.22. The Morgan fingerprint density at radius 1 is 1.33 bits per heavy atom. The Morgan fingerprint density at radius 2 is 2.14 bits per heavy atom. The van der Waals surface area contributed by atoms with Crippen molar-refractivity contribution >= 4 is 0 Å². The quantitative estimate of drug-likeness (QED) is 0.938. The van der Waals surface area contributed by atoms with E-state index in [0.717, 1.165) is 11.1 Å². The number of aliphatic hydroxyl groups excluding tert-OH is 1. The van der Waals surface area contributed by atoms with Crippen LogP contribution in [0.4, 0.5) is 4.39 Å². The van der Waals surface area contributed by atoms with Crippen molar-refractivity contribution in [2.24, 2.45) is 0 Å². The Bertz CT molecular complexity index is 640. The topological polar surface area (TPSA) is 38.7 Å². The zero-order valence-corrected chi connectivity index (χ0v) is 11.8. The standard InChI is InChI=1S/C17H17FO3/c1-11(19)15-4-2-3-5-17(15)20-10-14-9-12-8-13(18)6-7-16(12)21-14/h2-8,11,14,19H,9-10H2,1H3/t11-,14?/m0/s1. The molecule has 4 heteroatoms. The lowest BCUT2D eigenvalue weighted by atomic mass is 10.1. The lowest BCUT2D eigenvalue weighted by molar-refractivity contribution is 0.141. The third kappa shape index (κ3) is 3.00. The summed E-state index contributed by atoms with van der Waals surface area (Å²) in [6.45, 7) is 2.06. The predicted molar refractivity (Wildman–Crippen MR) is 77.1 cm³/mol. The second kappa shape index (κ2) is 5.74. The summed E-state index contributed by atoms with van der Waals surface area (Å²) < 4.78 is 24.7. The van der Waals surface area contributed by atoms with Gasteiger partial charge in [-0.1, -0.05) is 18.2 Å². The smallest absolute Gasteiger partial charge is 0.137 e. The molecule has 2 aromatic carbocycles. The molecule has 0 saturated heterocycles. The molecular formula is C17H17FO3. The number of hydrogen-bond acceptors (Lipinski definition) is 3. The molecule has 2 aromatic rings. The van der Waals surface area contributed by atoms with Crippen LogP contribution < -0.4 is 9.47 Å². The first-order chi connectivity index (χ1) is 10.1. The van der Waals surface area contributed by atoms with Crippen LogP contribution in [0.15, 0.2) is 42.5 Å². The van der Waals surface area contributed by atoms with Gasteiger partial charge in [-0.05, 0) is 31.2 Å². The predicted octanol–water partition coefficient (Wildman–Crippen LogP) is 3.26. The molecule has 0 spiro atoms. The highest BCUT2D eigenvalue weighted by atomic mass is 19.1. The molecule has 1 aliphatic rings. The number of halogens is 1. The highest BCUT2D eigenvalue weighted by Crippen LogP contribution is 2.30. The van der Waals surface area contributed by atoms with Crippen LogP contribution in [0.3, 0.4) is 0 Å². The molecule has 0 aromatic heterocycles. The third-order valence-corrected chi connectivity index (χ3v) is 3.56.